The lowest BCUT2D eigenvalue weighted by Crippen LogP contribution is -2.32. The van der Waals surface area contributed by atoms with Crippen LogP contribution in [0.1, 0.15) is 43.5 Å². The third-order valence-corrected chi connectivity index (χ3v) is 4.00. The molecule has 0 spiro atoms. The number of rotatable bonds is 6. The molecular formula is C15H20N2O3. The number of carbonyl (C=O) groups excluding carboxylic acids is 1. The van der Waals surface area contributed by atoms with Crippen LogP contribution in [0.25, 0.3) is 0 Å². The first-order valence-electron chi connectivity index (χ1n) is 7.07. The SMILES string of the molecule is CCN(CC1CCC1)c1ccc(C(C)=O)cc1[N+](=O)[O-]. The summed E-state index contributed by atoms with van der Waals surface area (Å²) in [6.07, 6.45) is 3.67. The fourth-order valence-corrected chi connectivity index (χ4v) is 2.54. The van der Waals surface area contributed by atoms with Gasteiger partial charge < -0.3 is 4.90 Å². The number of benzene rings is 1. The van der Waals surface area contributed by atoms with Gasteiger partial charge in [0.15, 0.2) is 5.78 Å². The van der Waals surface area contributed by atoms with Gasteiger partial charge in [-0.1, -0.05) is 6.42 Å². The molecule has 0 aromatic heterocycles. The molecular weight excluding hydrogens is 256 g/mol. The van der Waals surface area contributed by atoms with Crippen LogP contribution in [0.5, 0.6) is 0 Å². The zero-order valence-electron chi connectivity index (χ0n) is 12.0. The lowest BCUT2D eigenvalue weighted by Gasteiger charge is -2.32. The predicted molar refractivity (Wildman–Crippen MR) is 78.3 cm³/mol. The molecule has 1 saturated carbocycles. The Balaban J connectivity index is 2.32. The van der Waals surface area contributed by atoms with Crippen molar-refractivity contribution in [3.05, 3.63) is 33.9 Å². The second-order valence-corrected chi connectivity index (χ2v) is 5.35. The van der Waals surface area contributed by atoms with Crippen molar-refractivity contribution in [3.63, 3.8) is 0 Å². The Morgan fingerprint density at radius 2 is 2.15 bits per heavy atom. The summed E-state index contributed by atoms with van der Waals surface area (Å²) in [5.41, 5.74) is 1.04. The minimum absolute atomic E-state index is 0.0267. The van der Waals surface area contributed by atoms with Gasteiger partial charge in [-0.15, -0.1) is 0 Å². The smallest absolute Gasteiger partial charge is 0.293 e. The summed E-state index contributed by atoms with van der Waals surface area (Å²) in [6.45, 7) is 5.01. The Hall–Kier alpha value is -1.91. The highest BCUT2D eigenvalue weighted by Crippen LogP contribution is 2.33. The lowest BCUT2D eigenvalue weighted by atomic mass is 9.85. The molecule has 0 aliphatic heterocycles. The van der Waals surface area contributed by atoms with Gasteiger partial charge >= 0.3 is 0 Å². The summed E-state index contributed by atoms with van der Waals surface area (Å²) in [5, 5.41) is 11.3. The first kappa shape index (κ1) is 14.5. The summed E-state index contributed by atoms with van der Waals surface area (Å²) >= 11 is 0. The zero-order chi connectivity index (χ0) is 14.7. The molecule has 0 amide bonds. The van der Waals surface area contributed by atoms with E-state index in [4.69, 9.17) is 0 Å². The summed E-state index contributed by atoms with van der Waals surface area (Å²) in [4.78, 5) is 24.3. The number of hydrogen-bond donors (Lipinski definition) is 0. The van der Waals surface area contributed by atoms with E-state index < -0.39 is 4.92 Å². The standard InChI is InChI=1S/C15H20N2O3/c1-3-16(10-12-5-4-6-12)14-8-7-13(11(2)18)9-15(14)17(19)20/h7-9,12H,3-6,10H2,1-2H3. The molecule has 0 unspecified atom stereocenters. The Morgan fingerprint density at radius 1 is 1.45 bits per heavy atom. The number of nitrogens with zero attached hydrogens (tertiary/aromatic N) is 2. The maximum atomic E-state index is 11.4. The zero-order valence-corrected chi connectivity index (χ0v) is 12.0. The van der Waals surface area contributed by atoms with Crippen LogP contribution in [0.3, 0.4) is 0 Å². The van der Waals surface area contributed by atoms with Crippen LogP contribution in [0, 0.1) is 16.0 Å². The summed E-state index contributed by atoms with van der Waals surface area (Å²) < 4.78 is 0. The minimum atomic E-state index is -0.398. The lowest BCUT2D eigenvalue weighted by molar-refractivity contribution is -0.384. The number of carbonyl (C=O) groups is 1. The molecule has 20 heavy (non-hydrogen) atoms. The summed E-state index contributed by atoms with van der Waals surface area (Å²) in [7, 11) is 0. The molecule has 2 rings (SSSR count). The van der Waals surface area contributed by atoms with E-state index in [0.29, 0.717) is 17.2 Å². The molecule has 1 aliphatic rings. The summed E-state index contributed by atoms with van der Waals surface area (Å²) in [6, 6.07) is 4.77. The topological polar surface area (TPSA) is 63.5 Å². The first-order chi connectivity index (χ1) is 9.52. The van der Waals surface area contributed by atoms with E-state index in [2.05, 4.69) is 0 Å². The molecule has 0 saturated heterocycles. The van der Waals surface area contributed by atoms with Crippen LogP contribution in [0.15, 0.2) is 18.2 Å². The maximum absolute atomic E-state index is 11.4. The molecule has 5 heteroatoms. The molecule has 1 fully saturated rings. The van der Waals surface area contributed by atoms with Crippen molar-refractivity contribution < 1.29 is 9.72 Å². The highest BCUT2D eigenvalue weighted by atomic mass is 16.6. The molecule has 0 atom stereocenters. The fraction of sp³-hybridized carbons (Fsp3) is 0.533. The number of hydrogen-bond acceptors (Lipinski definition) is 4. The number of Topliss-reactive ketones (excluding diaryl/α,β-unsaturated/α-hetero) is 1. The Morgan fingerprint density at radius 3 is 2.60 bits per heavy atom. The van der Waals surface area contributed by atoms with E-state index in [1.807, 2.05) is 11.8 Å². The maximum Gasteiger partial charge on any atom is 0.293 e. The average Bonchev–Trinajstić information content (AvgIpc) is 2.37. The van der Waals surface area contributed by atoms with Crippen molar-refractivity contribution in [2.24, 2.45) is 5.92 Å². The predicted octanol–water partition coefficient (Wildman–Crippen LogP) is 3.42. The van der Waals surface area contributed by atoms with Gasteiger partial charge in [0, 0.05) is 24.7 Å². The molecule has 0 heterocycles. The van der Waals surface area contributed by atoms with E-state index in [-0.39, 0.29) is 11.5 Å². The Kier molecular flexibility index (Phi) is 4.37. The second-order valence-electron chi connectivity index (χ2n) is 5.35. The molecule has 0 N–H and O–H groups in total. The van der Waals surface area contributed by atoms with Gasteiger partial charge in [0.1, 0.15) is 5.69 Å². The highest BCUT2D eigenvalue weighted by molar-refractivity contribution is 5.95. The second kappa shape index (κ2) is 6.03. The fourth-order valence-electron chi connectivity index (χ4n) is 2.54. The van der Waals surface area contributed by atoms with Gasteiger partial charge in [0.25, 0.3) is 5.69 Å². The van der Waals surface area contributed by atoms with Gasteiger partial charge in [-0.25, -0.2) is 0 Å². The molecule has 1 aromatic rings. The van der Waals surface area contributed by atoms with Crippen molar-refractivity contribution in [1.82, 2.24) is 0 Å². The van der Waals surface area contributed by atoms with E-state index in [0.717, 1.165) is 13.1 Å². The third-order valence-electron chi connectivity index (χ3n) is 4.00. The number of nitro groups is 1. The number of nitro benzene ring substituents is 1. The van der Waals surface area contributed by atoms with Gasteiger partial charge in [-0.05, 0) is 44.7 Å². The normalized spacial score (nSPS) is 14.7. The number of ketones is 1. The van der Waals surface area contributed by atoms with Crippen LogP contribution in [-0.2, 0) is 0 Å². The van der Waals surface area contributed by atoms with Crippen molar-refractivity contribution >= 4 is 17.2 Å². The monoisotopic (exact) mass is 276 g/mol. The van der Waals surface area contributed by atoms with Gasteiger partial charge in [0.05, 0.1) is 4.92 Å². The molecule has 108 valence electrons. The van der Waals surface area contributed by atoms with E-state index >= 15 is 0 Å². The largest absolute Gasteiger partial charge is 0.366 e. The van der Waals surface area contributed by atoms with Crippen LogP contribution in [0.2, 0.25) is 0 Å². The van der Waals surface area contributed by atoms with E-state index in [1.54, 1.807) is 12.1 Å². The van der Waals surface area contributed by atoms with E-state index in [9.17, 15) is 14.9 Å². The minimum Gasteiger partial charge on any atom is -0.366 e. The molecule has 0 bridgehead atoms. The molecule has 1 aliphatic carbocycles. The van der Waals surface area contributed by atoms with Gasteiger partial charge in [0.2, 0.25) is 0 Å². The van der Waals surface area contributed by atoms with Crippen LogP contribution in [-0.4, -0.2) is 23.8 Å². The van der Waals surface area contributed by atoms with E-state index in [1.165, 1.54) is 32.3 Å². The quantitative estimate of drug-likeness (QED) is 0.453. The van der Waals surface area contributed by atoms with Crippen LogP contribution < -0.4 is 4.90 Å². The molecule has 1 aromatic carbocycles. The highest BCUT2D eigenvalue weighted by Gasteiger charge is 2.25. The average molecular weight is 276 g/mol. The number of anilines is 1. The van der Waals surface area contributed by atoms with Crippen molar-refractivity contribution in [2.45, 2.75) is 33.1 Å². The molecule has 5 nitrogen and oxygen atoms in total. The van der Waals surface area contributed by atoms with Crippen molar-refractivity contribution in [3.8, 4) is 0 Å². The summed E-state index contributed by atoms with van der Waals surface area (Å²) in [5.74, 6) is 0.490. The van der Waals surface area contributed by atoms with Gasteiger partial charge in [-0.2, -0.15) is 0 Å². The van der Waals surface area contributed by atoms with Crippen molar-refractivity contribution in [1.29, 1.82) is 0 Å². The molecule has 0 radical (unpaired) electrons. The first-order valence-corrected chi connectivity index (χ1v) is 7.07. The van der Waals surface area contributed by atoms with Gasteiger partial charge in [-0.3, -0.25) is 14.9 Å². The third kappa shape index (κ3) is 2.98. The van der Waals surface area contributed by atoms with Crippen molar-refractivity contribution in [2.75, 3.05) is 18.0 Å². The van der Waals surface area contributed by atoms with Crippen LogP contribution in [0.4, 0.5) is 11.4 Å². The Bertz CT molecular complexity index is 524. The van der Waals surface area contributed by atoms with Crippen LogP contribution >= 0.6 is 0 Å². The Labute approximate surface area is 118 Å².